The Morgan fingerprint density at radius 3 is 2.53 bits per heavy atom. The number of para-hydroxylation sites is 1. The van der Waals surface area contributed by atoms with E-state index < -0.39 is 0 Å². The number of rotatable bonds is 1. The second kappa shape index (κ2) is 6.62. The number of hydrogen-bond donors (Lipinski definition) is 1. The fourth-order valence-electron chi connectivity index (χ4n) is 6.13. The molecule has 168 valence electrons. The molecule has 0 amide bonds. The summed E-state index contributed by atoms with van der Waals surface area (Å²) < 4.78 is 5.10. The topological polar surface area (TPSA) is 28.8 Å². The zero-order valence-corrected chi connectivity index (χ0v) is 20.0. The maximum Gasteiger partial charge on any atom is 0.138 e. The Morgan fingerprint density at radius 2 is 1.61 bits per heavy atom. The number of hydrogen-bond acceptors (Lipinski definition) is 3. The van der Waals surface area contributed by atoms with Gasteiger partial charge in [-0.25, -0.2) is 4.99 Å². The van der Waals surface area contributed by atoms with Gasteiger partial charge in [-0.2, -0.15) is 0 Å². The lowest BCUT2D eigenvalue weighted by atomic mass is 9.94. The molecule has 0 radical (unpaired) electrons. The van der Waals surface area contributed by atoms with Crippen LogP contribution < -0.4 is 5.32 Å². The molecule has 36 heavy (non-hydrogen) atoms. The fourth-order valence-corrected chi connectivity index (χ4v) is 7.37. The molecule has 0 fully saturated rings. The normalized spacial score (nSPS) is 17.1. The van der Waals surface area contributed by atoms with Crippen LogP contribution in [0.3, 0.4) is 0 Å². The summed E-state index contributed by atoms with van der Waals surface area (Å²) in [6.45, 7) is 0. The second-order valence-corrected chi connectivity index (χ2v) is 10.7. The number of fused-ring (bicyclic) bond motifs is 11. The predicted molar refractivity (Wildman–Crippen MR) is 155 cm³/mol. The molecule has 3 nitrogen and oxygen atoms in total. The molecular formula is C32H19N3S. The van der Waals surface area contributed by atoms with Gasteiger partial charge >= 0.3 is 0 Å². The van der Waals surface area contributed by atoms with Crippen molar-refractivity contribution in [2.45, 2.75) is 6.04 Å². The molecule has 0 saturated heterocycles. The number of aliphatic imine (C=N–C) groups is 1. The summed E-state index contributed by atoms with van der Waals surface area (Å²) in [5, 5.41) is 10.3. The van der Waals surface area contributed by atoms with Crippen LogP contribution in [-0.4, -0.2) is 16.2 Å². The van der Waals surface area contributed by atoms with Crippen molar-refractivity contribution in [1.82, 2.24) is 4.40 Å². The molecule has 4 heterocycles. The molecule has 1 atom stereocenters. The van der Waals surface area contributed by atoms with E-state index in [4.69, 9.17) is 4.99 Å². The van der Waals surface area contributed by atoms with E-state index in [0.29, 0.717) is 0 Å². The zero-order valence-electron chi connectivity index (χ0n) is 19.2. The van der Waals surface area contributed by atoms with Crippen LogP contribution in [0.4, 0.5) is 11.5 Å². The number of aromatic nitrogens is 1. The largest absolute Gasteiger partial charge is 0.357 e. The van der Waals surface area contributed by atoms with Crippen molar-refractivity contribution >= 4 is 81.5 Å². The molecule has 1 N–H and O–H groups in total. The van der Waals surface area contributed by atoms with Gasteiger partial charge in [-0.05, 0) is 35.4 Å². The van der Waals surface area contributed by atoms with Crippen molar-refractivity contribution in [2.24, 2.45) is 4.99 Å². The SMILES string of the molecule is C1=CC2Nc3c(c4cc5c6ccccc6sc5c5c6ccccc6n3c45)N=C2C=C1c1ccccc1. The quantitative estimate of drug-likeness (QED) is 0.252. The Hall–Kier alpha value is -4.41. The van der Waals surface area contributed by atoms with Gasteiger partial charge in [-0.15, -0.1) is 11.3 Å². The molecule has 1 aliphatic heterocycles. The van der Waals surface area contributed by atoms with Gasteiger partial charge in [-0.3, -0.25) is 4.40 Å². The second-order valence-electron chi connectivity index (χ2n) is 9.66. The van der Waals surface area contributed by atoms with Crippen LogP contribution in [0, 0.1) is 0 Å². The summed E-state index contributed by atoms with van der Waals surface area (Å²) in [7, 11) is 0. The van der Waals surface area contributed by atoms with Crippen LogP contribution in [0.15, 0.2) is 108 Å². The highest BCUT2D eigenvalue weighted by atomic mass is 32.1. The van der Waals surface area contributed by atoms with Crippen molar-refractivity contribution in [3.63, 3.8) is 0 Å². The van der Waals surface area contributed by atoms with Crippen molar-refractivity contribution in [1.29, 1.82) is 0 Å². The van der Waals surface area contributed by atoms with Crippen LogP contribution in [-0.2, 0) is 0 Å². The van der Waals surface area contributed by atoms with E-state index in [1.54, 1.807) is 0 Å². The standard InChI is InChI=1S/C32H19N3S/c1-2-8-18(9-3-1)19-14-15-24-25(16-19)33-29-23-17-22-20-10-5-7-13-27(20)36-31(22)28-21-11-4-6-12-26(21)35(30(23)28)32(29)34-24/h1-17,24,34H. The highest BCUT2D eigenvalue weighted by molar-refractivity contribution is 7.26. The summed E-state index contributed by atoms with van der Waals surface area (Å²) >= 11 is 1.90. The van der Waals surface area contributed by atoms with Crippen molar-refractivity contribution in [2.75, 3.05) is 5.32 Å². The van der Waals surface area contributed by atoms with Crippen LogP contribution >= 0.6 is 11.3 Å². The van der Waals surface area contributed by atoms with Crippen molar-refractivity contribution in [3.8, 4) is 0 Å². The first-order valence-corrected chi connectivity index (χ1v) is 13.1. The monoisotopic (exact) mass is 477 g/mol. The van der Waals surface area contributed by atoms with E-state index in [2.05, 4.69) is 113 Å². The van der Waals surface area contributed by atoms with E-state index in [1.165, 1.54) is 58.5 Å². The minimum Gasteiger partial charge on any atom is -0.357 e. The molecular weight excluding hydrogens is 458 g/mol. The number of thiophene rings is 1. The molecule has 0 saturated carbocycles. The van der Waals surface area contributed by atoms with Crippen LogP contribution in [0.1, 0.15) is 5.56 Å². The third-order valence-corrected chi connectivity index (χ3v) is 8.92. The van der Waals surface area contributed by atoms with Gasteiger partial charge in [0.2, 0.25) is 0 Å². The predicted octanol–water partition coefficient (Wildman–Crippen LogP) is 8.57. The molecule has 3 aromatic heterocycles. The Labute approximate surface area is 210 Å². The van der Waals surface area contributed by atoms with Crippen LogP contribution in [0.2, 0.25) is 0 Å². The lowest BCUT2D eigenvalue weighted by Crippen LogP contribution is -2.30. The summed E-state index contributed by atoms with van der Waals surface area (Å²) in [4.78, 5) is 5.32. The molecule has 4 heteroatoms. The van der Waals surface area contributed by atoms with Gasteiger partial charge in [0.05, 0.1) is 22.8 Å². The summed E-state index contributed by atoms with van der Waals surface area (Å²) in [6, 6.07) is 30.5. The van der Waals surface area contributed by atoms with E-state index in [1.807, 2.05) is 11.3 Å². The molecule has 2 aliphatic rings. The summed E-state index contributed by atoms with van der Waals surface area (Å²) in [6.07, 6.45) is 6.69. The molecule has 1 unspecified atom stereocenters. The molecule has 1 aliphatic carbocycles. The number of nitrogens with zero attached hydrogens (tertiary/aromatic N) is 2. The van der Waals surface area contributed by atoms with Gasteiger partial charge < -0.3 is 5.32 Å². The Balaban J connectivity index is 1.41. The smallest absolute Gasteiger partial charge is 0.138 e. The first kappa shape index (κ1) is 18.9. The Bertz CT molecular complexity index is 2120. The fraction of sp³-hybridized carbons (Fsp3) is 0.0312. The highest BCUT2D eigenvalue weighted by Crippen LogP contribution is 2.51. The summed E-state index contributed by atoms with van der Waals surface area (Å²) in [5.41, 5.74) is 7.02. The molecule has 0 spiro atoms. The minimum absolute atomic E-state index is 0.0590. The van der Waals surface area contributed by atoms with E-state index in [0.717, 1.165) is 17.2 Å². The summed E-state index contributed by atoms with van der Waals surface area (Å²) in [5.74, 6) is 1.09. The number of anilines is 1. The van der Waals surface area contributed by atoms with Gasteiger partial charge in [0, 0.05) is 36.3 Å². The average Bonchev–Trinajstić information content (AvgIpc) is 3.58. The van der Waals surface area contributed by atoms with E-state index in [9.17, 15) is 0 Å². The van der Waals surface area contributed by atoms with Crippen molar-refractivity contribution < 1.29 is 0 Å². The highest BCUT2D eigenvalue weighted by Gasteiger charge is 2.30. The van der Waals surface area contributed by atoms with E-state index >= 15 is 0 Å². The Kier molecular flexibility index (Phi) is 3.47. The third-order valence-electron chi connectivity index (χ3n) is 7.71. The average molecular weight is 478 g/mol. The number of benzene rings is 4. The zero-order chi connectivity index (χ0) is 23.4. The number of nitrogens with one attached hydrogen (secondary N) is 1. The first-order valence-electron chi connectivity index (χ1n) is 12.3. The maximum absolute atomic E-state index is 5.32. The first-order chi connectivity index (χ1) is 17.8. The Morgan fingerprint density at radius 1 is 0.806 bits per heavy atom. The number of allylic oxidation sites excluding steroid dienone is 2. The third kappa shape index (κ3) is 2.30. The van der Waals surface area contributed by atoms with E-state index in [-0.39, 0.29) is 6.04 Å². The van der Waals surface area contributed by atoms with Gasteiger partial charge in [0.1, 0.15) is 11.5 Å². The van der Waals surface area contributed by atoms with Crippen LogP contribution in [0.25, 0.3) is 52.9 Å². The van der Waals surface area contributed by atoms with Gasteiger partial charge in [0.15, 0.2) is 0 Å². The van der Waals surface area contributed by atoms with Crippen molar-refractivity contribution in [3.05, 3.63) is 109 Å². The lowest BCUT2D eigenvalue weighted by Gasteiger charge is -2.25. The lowest BCUT2D eigenvalue weighted by molar-refractivity contribution is 1.09. The van der Waals surface area contributed by atoms with Crippen LogP contribution in [0.5, 0.6) is 0 Å². The maximum atomic E-state index is 5.32. The minimum atomic E-state index is 0.0590. The van der Waals surface area contributed by atoms with Gasteiger partial charge in [0.25, 0.3) is 0 Å². The molecule has 0 bridgehead atoms. The van der Waals surface area contributed by atoms with Gasteiger partial charge in [-0.1, -0.05) is 78.9 Å². The molecule has 4 aromatic carbocycles. The molecule has 9 rings (SSSR count). The molecule has 7 aromatic rings.